The van der Waals surface area contributed by atoms with Crippen molar-refractivity contribution in [1.29, 1.82) is 0 Å². The second-order valence-electron chi connectivity index (χ2n) is 4.44. The first kappa shape index (κ1) is 13.5. The molecule has 1 fully saturated rings. The van der Waals surface area contributed by atoms with Gasteiger partial charge in [0.15, 0.2) is 0 Å². The quantitative estimate of drug-likeness (QED) is 0.498. The summed E-state index contributed by atoms with van der Waals surface area (Å²) >= 11 is 0. The van der Waals surface area contributed by atoms with E-state index in [0.29, 0.717) is 5.56 Å². The Morgan fingerprint density at radius 1 is 1.58 bits per heavy atom. The molecule has 1 aromatic rings. The maximum atomic E-state index is 13.8. The van der Waals surface area contributed by atoms with Crippen molar-refractivity contribution in [2.75, 3.05) is 13.1 Å². The van der Waals surface area contributed by atoms with Gasteiger partial charge in [-0.3, -0.25) is 4.79 Å². The predicted octanol–water partition coefficient (Wildman–Crippen LogP) is 1.90. The Morgan fingerprint density at radius 2 is 2.37 bits per heavy atom. The summed E-state index contributed by atoms with van der Waals surface area (Å²) in [6, 6.07) is 1.39. The Morgan fingerprint density at radius 3 is 3.05 bits per heavy atom. The predicted molar refractivity (Wildman–Crippen MR) is 65.1 cm³/mol. The van der Waals surface area contributed by atoms with Crippen molar-refractivity contribution in [3.63, 3.8) is 0 Å². The van der Waals surface area contributed by atoms with Gasteiger partial charge >= 0.3 is 0 Å². The Hall–Kier alpha value is -1.92. The summed E-state index contributed by atoms with van der Waals surface area (Å²) in [6.45, 7) is 0.282. The van der Waals surface area contributed by atoms with Gasteiger partial charge in [0.25, 0.3) is 11.5 Å². The third-order valence-corrected chi connectivity index (χ3v) is 3.20. The van der Waals surface area contributed by atoms with Crippen LogP contribution in [0.2, 0.25) is 0 Å². The molecule has 0 bridgehead atoms. The summed E-state index contributed by atoms with van der Waals surface area (Å²) in [4.78, 5) is 16.4. The standard InChI is InChI=1S/C11H13F2N5O/c12-11(13)1-2-15-6-9(11)7-3-8(5-17-18-14)10(19)16-4-7/h3-4,9,15H,1-2,5-6H2,(H,16,19). The molecule has 6 nitrogen and oxygen atoms in total. The highest BCUT2D eigenvalue weighted by atomic mass is 19.3. The molecule has 8 heteroatoms. The highest BCUT2D eigenvalue weighted by molar-refractivity contribution is 5.25. The summed E-state index contributed by atoms with van der Waals surface area (Å²) in [5.41, 5.74) is 8.35. The van der Waals surface area contributed by atoms with Crippen LogP contribution in [0.15, 0.2) is 22.2 Å². The largest absolute Gasteiger partial charge is 0.329 e. The normalized spacial score (nSPS) is 21.7. The topological polar surface area (TPSA) is 93.7 Å². The van der Waals surface area contributed by atoms with Crippen LogP contribution >= 0.6 is 0 Å². The third-order valence-electron chi connectivity index (χ3n) is 3.20. The van der Waals surface area contributed by atoms with Crippen molar-refractivity contribution in [3.8, 4) is 0 Å². The molecule has 2 heterocycles. The second kappa shape index (κ2) is 5.38. The van der Waals surface area contributed by atoms with E-state index in [0.717, 1.165) is 0 Å². The fourth-order valence-electron chi connectivity index (χ4n) is 2.16. The Labute approximate surface area is 107 Å². The van der Waals surface area contributed by atoms with Crippen LogP contribution in [0.4, 0.5) is 8.78 Å². The van der Waals surface area contributed by atoms with E-state index >= 15 is 0 Å². The SMILES string of the molecule is [N-]=[N+]=NCc1cc(C2CNCCC2(F)F)c[nH]c1=O. The monoisotopic (exact) mass is 269 g/mol. The lowest BCUT2D eigenvalue weighted by Gasteiger charge is -2.32. The lowest BCUT2D eigenvalue weighted by molar-refractivity contribution is -0.0480. The van der Waals surface area contributed by atoms with E-state index in [9.17, 15) is 13.6 Å². The highest BCUT2D eigenvalue weighted by Gasteiger charge is 2.42. The number of piperidine rings is 1. The summed E-state index contributed by atoms with van der Waals surface area (Å²) in [5.74, 6) is -3.79. The summed E-state index contributed by atoms with van der Waals surface area (Å²) in [6.07, 6.45) is 1.07. The van der Waals surface area contributed by atoms with Gasteiger partial charge in [0.2, 0.25) is 0 Å². The number of aromatic nitrogens is 1. The number of alkyl halides is 2. The van der Waals surface area contributed by atoms with Crippen LogP contribution in [0.25, 0.3) is 10.4 Å². The lowest BCUT2D eigenvalue weighted by Crippen LogP contribution is -2.43. The molecular formula is C11H13F2N5O. The van der Waals surface area contributed by atoms with E-state index in [-0.39, 0.29) is 31.6 Å². The Balaban J connectivity index is 2.34. The zero-order chi connectivity index (χ0) is 13.9. The molecule has 0 aromatic carbocycles. The molecule has 2 N–H and O–H groups in total. The minimum atomic E-state index is -2.81. The number of hydrogen-bond donors (Lipinski definition) is 2. The van der Waals surface area contributed by atoms with Crippen LogP contribution in [0.5, 0.6) is 0 Å². The number of aromatic amines is 1. The molecule has 0 radical (unpaired) electrons. The summed E-state index contributed by atoms with van der Waals surface area (Å²) in [7, 11) is 0. The van der Waals surface area contributed by atoms with Gasteiger partial charge in [-0.05, 0) is 17.2 Å². The number of halogens is 2. The smallest absolute Gasteiger partial charge is 0.257 e. The Bertz CT molecular complexity index is 564. The van der Waals surface area contributed by atoms with Gasteiger partial charge in [0.05, 0.1) is 12.5 Å². The highest BCUT2D eigenvalue weighted by Crippen LogP contribution is 2.37. The van der Waals surface area contributed by atoms with Crippen LogP contribution in [-0.4, -0.2) is 24.0 Å². The molecule has 19 heavy (non-hydrogen) atoms. The lowest BCUT2D eigenvalue weighted by atomic mass is 9.88. The zero-order valence-corrected chi connectivity index (χ0v) is 10.1. The summed E-state index contributed by atoms with van der Waals surface area (Å²) in [5, 5.41) is 6.20. The maximum absolute atomic E-state index is 13.8. The van der Waals surface area contributed by atoms with Gasteiger partial charge in [0, 0.05) is 36.2 Å². The molecule has 1 aliphatic heterocycles. The van der Waals surface area contributed by atoms with E-state index in [1.54, 1.807) is 0 Å². The zero-order valence-electron chi connectivity index (χ0n) is 10.1. The molecule has 0 spiro atoms. The number of azide groups is 1. The number of hydrogen-bond acceptors (Lipinski definition) is 3. The van der Waals surface area contributed by atoms with E-state index in [4.69, 9.17) is 5.53 Å². The maximum Gasteiger partial charge on any atom is 0.257 e. The molecule has 102 valence electrons. The van der Waals surface area contributed by atoms with Crippen LogP contribution in [0.1, 0.15) is 23.5 Å². The summed E-state index contributed by atoms with van der Waals surface area (Å²) < 4.78 is 27.6. The van der Waals surface area contributed by atoms with Crippen LogP contribution in [0.3, 0.4) is 0 Å². The third kappa shape index (κ3) is 2.91. The molecule has 1 aliphatic rings. The minimum absolute atomic E-state index is 0.147. The van der Waals surface area contributed by atoms with Gasteiger partial charge < -0.3 is 10.3 Å². The number of nitrogens with zero attached hydrogens (tertiary/aromatic N) is 3. The molecule has 1 saturated heterocycles. The van der Waals surface area contributed by atoms with E-state index in [1.807, 2.05) is 0 Å². The fraction of sp³-hybridized carbons (Fsp3) is 0.545. The molecule has 0 aliphatic carbocycles. The molecule has 1 unspecified atom stereocenters. The van der Waals surface area contributed by atoms with Crippen molar-refractivity contribution in [3.05, 3.63) is 44.2 Å². The van der Waals surface area contributed by atoms with Gasteiger partial charge in [-0.15, -0.1) is 0 Å². The van der Waals surface area contributed by atoms with Crippen LogP contribution in [-0.2, 0) is 6.54 Å². The van der Waals surface area contributed by atoms with E-state index < -0.39 is 17.4 Å². The first-order chi connectivity index (χ1) is 9.04. The average molecular weight is 269 g/mol. The fourth-order valence-corrected chi connectivity index (χ4v) is 2.16. The number of H-pyrrole nitrogens is 1. The van der Waals surface area contributed by atoms with Crippen molar-refractivity contribution in [2.24, 2.45) is 5.11 Å². The molecule has 0 amide bonds. The van der Waals surface area contributed by atoms with Crippen LogP contribution < -0.4 is 10.9 Å². The van der Waals surface area contributed by atoms with Crippen molar-refractivity contribution in [2.45, 2.75) is 24.8 Å². The van der Waals surface area contributed by atoms with Crippen molar-refractivity contribution >= 4 is 0 Å². The first-order valence-corrected chi connectivity index (χ1v) is 5.85. The van der Waals surface area contributed by atoms with Gasteiger partial charge in [-0.25, -0.2) is 8.78 Å². The van der Waals surface area contributed by atoms with Gasteiger partial charge in [0.1, 0.15) is 0 Å². The average Bonchev–Trinajstić information content (AvgIpc) is 2.38. The first-order valence-electron chi connectivity index (χ1n) is 5.85. The number of pyridine rings is 1. The van der Waals surface area contributed by atoms with Gasteiger partial charge in [-0.1, -0.05) is 5.11 Å². The van der Waals surface area contributed by atoms with Crippen molar-refractivity contribution < 1.29 is 8.78 Å². The van der Waals surface area contributed by atoms with E-state index in [2.05, 4.69) is 20.3 Å². The molecule has 2 rings (SSSR count). The second-order valence-corrected chi connectivity index (χ2v) is 4.44. The molecule has 0 saturated carbocycles. The molecule has 1 aromatic heterocycles. The molecule has 1 atom stereocenters. The molecular weight excluding hydrogens is 256 g/mol. The number of nitrogens with one attached hydrogen (secondary N) is 2. The number of rotatable bonds is 3. The van der Waals surface area contributed by atoms with Crippen LogP contribution in [0, 0.1) is 0 Å². The Kier molecular flexibility index (Phi) is 3.82. The van der Waals surface area contributed by atoms with E-state index in [1.165, 1.54) is 12.3 Å². The van der Waals surface area contributed by atoms with Gasteiger partial charge in [-0.2, -0.15) is 0 Å². The van der Waals surface area contributed by atoms with Crippen molar-refractivity contribution in [1.82, 2.24) is 10.3 Å². The minimum Gasteiger partial charge on any atom is -0.329 e.